The van der Waals surface area contributed by atoms with Crippen LogP contribution in [0.4, 0.5) is 10.1 Å². The number of carbonyl (C=O) groups excluding carboxylic acids is 1. The molecule has 0 N–H and O–H groups in total. The first kappa shape index (κ1) is 13.7. The van der Waals surface area contributed by atoms with Crippen molar-refractivity contribution < 1.29 is 9.18 Å². The molecule has 0 saturated heterocycles. The summed E-state index contributed by atoms with van der Waals surface area (Å²) in [5.41, 5.74) is 0.651. The van der Waals surface area contributed by atoms with Gasteiger partial charge >= 0.3 is 0 Å². The highest BCUT2D eigenvalue weighted by molar-refractivity contribution is 5.75. The first-order chi connectivity index (χ1) is 8.15. The quantitative estimate of drug-likeness (QED) is 0.677. The molecule has 0 aliphatic carbocycles. The lowest BCUT2D eigenvalue weighted by Gasteiger charge is -2.23. The number of benzene rings is 1. The number of para-hydroxylation sites is 1. The third-order valence-electron chi connectivity index (χ3n) is 2.78. The Bertz CT molecular complexity index is 365. The Morgan fingerprint density at radius 2 is 2.00 bits per heavy atom. The monoisotopic (exact) mass is 237 g/mol. The molecule has 0 saturated carbocycles. The lowest BCUT2D eigenvalue weighted by atomic mass is 10.2. The third-order valence-corrected chi connectivity index (χ3v) is 2.78. The van der Waals surface area contributed by atoms with Crippen molar-refractivity contribution in [3.63, 3.8) is 0 Å². The number of carbonyl (C=O) groups is 1. The Labute approximate surface area is 102 Å². The summed E-state index contributed by atoms with van der Waals surface area (Å²) >= 11 is 0. The summed E-state index contributed by atoms with van der Waals surface area (Å²) in [6.45, 7) is 5.19. The molecule has 0 amide bonds. The smallest absolute Gasteiger partial charge is 0.146 e. The second-order valence-electron chi connectivity index (χ2n) is 4.19. The van der Waals surface area contributed by atoms with Gasteiger partial charge in [0.15, 0.2) is 0 Å². The van der Waals surface area contributed by atoms with Crippen LogP contribution in [-0.2, 0) is 4.79 Å². The van der Waals surface area contributed by atoms with E-state index in [-0.39, 0.29) is 11.6 Å². The number of rotatable bonds is 7. The normalized spacial score (nSPS) is 10.3. The van der Waals surface area contributed by atoms with Crippen molar-refractivity contribution in [2.24, 2.45) is 0 Å². The molecule has 0 radical (unpaired) electrons. The van der Waals surface area contributed by atoms with Gasteiger partial charge in [0.1, 0.15) is 11.6 Å². The number of unbranched alkanes of at least 4 members (excludes halogenated alkanes) is 1. The van der Waals surface area contributed by atoms with Crippen LogP contribution in [0.5, 0.6) is 0 Å². The van der Waals surface area contributed by atoms with E-state index in [0.29, 0.717) is 12.1 Å². The largest absolute Gasteiger partial charge is 0.369 e. The van der Waals surface area contributed by atoms with Gasteiger partial charge in [-0.2, -0.15) is 0 Å². The molecule has 1 aromatic rings. The number of Topliss-reactive ketones (excluding diaryl/α,β-unsaturated/α-hetero) is 1. The highest BCUT2D eigenvalue weighted by Crippen LogP contribution is 2.18. The van der Waals surface area contributed by atoms with Crippen molar-refractivity contribution in [1.82, 2.24) is 0 Å². The minimum Gasteiger partial charge on any atom is -0.369 e. The summed E-state index contributed by atoms with van der Waals surface area (Å²) in [7, 11) is 0. The lowest BCUT2D eigenvalue weighted by Crippen LogP contribution is -2.24. The number of ketones is 1. The molecule has 1 rings (SSSR count). The van der Waals surface area contributed by atoms with Gasteiger partial charge in [-0.3, -0.25) is 0 Å². The molecule has 17 heavy (non-hydrogen) atoms. The molecule has 0 aliphatic rings. The minimum atomic E-state index is -0.180. The Hall–Kier alpha value is -1.38. The average Bonchev–Trinajstić information content (AvgIpc) is 2.30. The lowest BCUT2D eigenvalue weighted by molar-refractivity contribution is -0.117. The van der Waals surface area contributed by atoms with Crippen LogP contribution < -0.4 is 4.90 Å². The molecule has 0 aliphatic heterocycles. The van der Waals surface area contributed by atoms with Gasteiger partial charge in [0.2, 0.25) is 0 Å². The molecule has 94 valence electrons. The van der Waals surface area contributed by atoms with Crippen LogP contribution in [-0.4, -0.2) is 18.9 Å². The van der Waals surface area contributed by atoms with E-state index in [0.717, 1.165) is 25.9 Å². The first-order valence-corrected chi connectivity index (χ1v) is 6.14. The van der Waals surface area contributed by atoms with Crippen LogP contribution in [0.3, 0.4) is 0 Å². The highest BCUT2D eigenvalue weighted by Gasteiger charge is 2.08. The number of hydrogen-bond acceptors (Lipinski definition) is 2. The van der Waals surface area contributed by atoms with Gasteiger partial charge in [0.05, 0.1) is 5.69 Å². The zero-order valence-corrected chi connectivity index (χ0v) is 10.6. The fraction of sp³-hybridized carbons (Fsp3) is 0.500. The van der Waals surface area contributed by atoms with Gasteiger partial charge in [-0.15, -0.1) is 0 Å². The predicted octanol–water partition coefficient (Wildman–Crippen LogP) is 3.41. The summed E-state index contributed by atoms with van der Waals surface area (Å²) in [4.78, 5) is 12.8. The fourth-order valence-electron chi connectivity index (χ4n) is 1.83. The highest BCUT2D eigenvalue weighted by atomic mass is 19.1. The molecule has 0 unspecified atom stereocenters. The van der Waals surface area contributed by atoms with Crippen molar-refractivity contribution in [2.45, 2.75) is 33.1 Å². The van der Waals surface area contributed by atoms with Gasteiger partial charge in [0, 0.05) is 19.5 Å². The van der Waals surface area contributed by atoms with Gasteiger partial charge < -0.3 is 9.69 Å². The summed E-state index contributed by atoms with van der Waals surface area (Å²) < 4.78 is 13.6. The number of anilines is 1. The summed E-state index contributed by atoms with van der Waals surface area (Å²) in [5, 5.41) is 0. The molecule has 2 nitrogen and oxygen atoms in total. The van der Waals surface area contributed by atoms with Crippen LogP contribution in [0.1, 0.15) is 33.1 Å². The van der Waals surface area contributed by atoms with E-state index in [1.54, 1.807) is 19.1 Å². The predicted molar refractivity (Wildman–Crippen MR) is 68.8 cm³/mol. The van der Waals surface area contributed by atoms with Gasteiger partial charge in [-0.1, -0.05) is 12.1 Å². The van der Waals surface area contributed by atoms with Gasteiger partial charge in [-0.05, 0) is 38.8 Å². The third kappa shape index (κ3) is 4.55. The van der Waals surface area contributed by atoms with E-state index in [9.17, 15) is 9.18 Å². The van der Waals surface area contributed by atoms with E-state index in [1.165, 1.54) is 6.07 Å². The van der Waals surface area contributed by atoms with E-state index in [4.69, 9.17) is 0 Å². The zero-order valence-electron chi connectivity index (χ0n) is 10.6. The van der Waals surface area contributed by atoms with E-state index >= 15 is 0 Å². The zero-order chi connectivity index (χ0) is 12.7. The second-order valence-corrected chi connectivity index (χ2v) is 4.19. The maximum Gasteiger partial charge on any atom is 0.146 e. The van der Waals surface area contributed by atoms with E-state index in [1.807, 2.05) is 17.9 Å². The Kier molecular flexibility index (Phi) is 5.67. The van der Waals surface area contributed by atoms with E-state index < -0.39 is 0 Å². The molecule has 0 fully saturated rings. The van der Waals surface area contributed by atoms with Crippen LogP contribution >= 0.6 is 0 Å². The maximum atomic E-state index is 13.6. The van der Waals surface area contributed by atoms with Crippen molar-refractivity contribution in [3.8, 4) is 0 Å². The topological polar surface area (TPSA) is 20.3 Å². The molecule has 0 spiro atoms. The minimum absolute atomic E-state index is 0.180. The van der Waals surface area contributed by atoms with E-state index in [2.05, 4.69) is 0 Å². The molecule has 0 atom stereocenters. The molecular formula is C14H20FNO. The SMILES string of the molecule is CCN(CCCCC(C)=O)c1ccccc1F. The van der Waals surface area contributed by atoms with Crippen LogP contribution in [0.15, 0.2) is 24.3 Å². The number of halogens is 1. The number of nitrogens with zero attached hydrogens (tertiary/aromatic N) is 1. The summed E-state index contributed by atoms with van der Waals surface area (Å²) in [5.74, 6) is 0.0415. The molecular weight excluding hydrogens is 217 g/mol. The van der Waals surface area contributed by atoms with Crippen LogP contribution in [0, 0.1) is 5.82 Å². The molecule has 0 aromatic heterocycles. The summed E-state index contributed by atoms with van der Waals surface area (Å²) in [6.07, 6.45) is 2.41. The van der Waals surface area contributed by atoms with Crippen molar-refractivity contribution >= 4 is 11.5 Å². The second kappa shape index (κ2) is 7.05. The maximum absolute atomic E-state index is 13.6. The molecule has 0 bridgehead atoms. The molecule has 1 aromatic carbocycles. The van der Waals surface area contributed by atoms with Gasteiger partial charge in [0.25, 0.3) is 0 Å². The fourth-order valence-corrected chi connectivity index (χ4v) is 1.83. The Morgan fingerprint density at radius 3 is 2.59 bits per heavy atom. The van der Waals surface area contributed by atoms with Crippen molar-refractivity contribution in [3.05, 3.63) is 30.1 Å². The van der Waals surface area contributed by atoms with Gasteiger partial charge in [-0.25, -0.2) is 4.39 Å². The Morgan fingerprint density at radius 1 is 1.29 bits per heavy atom. The van der Waals surface area contributed by atoms with Crippen molar-refractivity contribution in [1.29, 1.82) is 0 Å². The average molecular weight is 237 g/mol. The standard InChI is InChI=1S/C14H20FNO/c1-3-16(11-7-6-8-12(2)17)14-10-5-4-9-13(14)15/h4-5,9-10H,3,6-8,11H2,1-2H3. The Balaban J connectivity index is 2.49. The van der Waals surface area contributed by atoms with Crippen molar-refractivity contribution in [2.75, 3.05) is 18.0 Å². The first-order valence-electron chi connectivity index (χ1n) is 6.14. The van der Waals surface area contributed by atoms with Crippen LogP contribution in [0.2, 0.25) is 0 Å². The molecule has 3 heteroatoms. The number of hydrogen-bond donors (Lipinski definition) is 0. The van der Waals surface area contributed by atoms with Crippen LogP contribution in [0.25, 0.3) is 0 Å². The summed E-state index contributed by atoms with van der Waals surface area (Å²) in [6, 6.07) is 6.82. The molecule has 0 heterocycles.